The predicted molar refractivity (Wildman–Crippen MR) is 85.1 cm³/mol. The number of halogens is 2. The van der Waals surface area contributed by atoms with E-state index < -0.39 is 0 Å². The Hall–Kier alpha value is -0.990. The van der Waals surface area contributed by atoms with E-state index in [9.17, 15) is 4.79 Å². The Morgan fingerprint density at radius 3 is 2.50 bits per heavy atom. The topological polar surface area (TPSA) is 20.3 Å². The Morgan fingerprint density at radius 2 is 1.90 bits per heavy atom. The minimum Gasteiger partial charge on any atom is -0.338 e. The van der Waals surface area contributed by atoms with E-state index in [2.05, 4.69) is 6.08 Å². The molecule has 0 N–H and O–H groups in total. The van der Waals surface area contributed by atoms with Crippen molar-refractivity contribution in [1.29, 1.82) is 0 Å². The van der Waals surface area contributed by atoms with Gasteiger partial charge < -0.3 is 4.90 Å². The number of rotatable bonds is 1. The molecule has 1 aromatic carbocycles. The molecule has 0 atom stereocenters. The van der Waals surface area contributed by atoms with Crippen LogP contribution in [0, 0.1) is 5.41 Å². The normalized spacial score (nSPS) is 16.1. The van der Waals surface area contributed by atoms with Crippen LogP contribution in [0.2, 0.25) is 10.0 Å². The summed E-state index contributed by atoms with van der Waals surface area (Å²) in [7, 11) is 0. The minimum absolute atomic E-state index is 0.183. The van der Waals surface area contributed by atoms with Crippen molar-refractivity contribution in [3.63, 3.8) is 0 Å². The zero-order valence-electron chi connectivity index (χ0n) is 12.0. The largest absolute Gasteiger partial charge is 0.338 e. The van der Waals surface area contributed by atoms with E-state index in [1.165, 1.54) is 0 Å². The molecular formula is C16H19Cl2NO. The van der Waals surface area contributed by atoms with Crippen molar-refractivity contribution < 1.29 is 4.79 Å². The van der Waals surface area contributed by atoms with Gasteiger partial charge in [-0.1, -0.05) is 56.1 Å². The third-order valence-corrected chi connectivity index (χ3v) is 4.11. The van der Waals surface area contributed by atoms with E-state index in [0.717, 1.165) is 24.1 Å². The van der Waals surface area contributed by atoms with E-state index in [-0.39, 0.29) is 11.3 Å². The Morgan fingerprint density at radius 1 is 1.20 bits per heavy atom. The van der Waals surface area contributed by atoms with Crippen LogP contribution in [-0.2, 0) is 4.79 Å². The summed E-state index contributed by atoms with van der Waals surface area (Å²) >= 11 is 12.0. The van der Waals surface area contributed by atoms with Crippen molar-refractivity contribution in [2.45, 2.75) is 27.2 Å². The van der Waals surface area contributed by atoms with Crippen LogP contribution in [0.3, 0.4) is 0 Å². The number of carbonyl (C=O) groups is 1. The zero-order chi connectivity index (χ0) is 14.9. The quantitative estimate of drug-likeness (QED) is 0.739. The summed E-state index contributed by atoms with van der Waals surface area (Å²) in [6, 6.07) is 5.61. The molecule has 0 saturated carbocycles. The molecule has 108 valence electrons. The summed E-state index contributed by atoms with van der Waals surface area (Å²) < 4.78 is 0. The molecule has 1 amide bonds. The lowest BCUT2D eigenvalue weighted by atomic mass is 9.92. The Labute approximate surface area is 130 Å². The highest BCUT2D eigenvalue weighted by Crippen LogP contribution is 2.29. The number of amides is 1. The van der Waals surface area contributed by atoms with Crippen molar-refractivity contribution in [3.8, 4) is 0 Å². The van der Waals surface area contributed by atoms with Crippen LogP contribution in [-0.4, -0.2) is 23.9 Å². The Balaban J connectivity index is 2.20. The fourth-order valence-electron chi connectivity index (χ4n) is 2.30. The molecule has 0 spiro atoms. The average Bonchev–Trinajstić information content (AvgIpc) is 2.40. The predicted octanol–water partition coefficient (Wildman–Crippen LogP) is 4.66. The Kier molecular flexibility index (Phi) is 4.46. The highest BCUT2D eigenvalue weighted by atomic mass is 35.5. The zero-order valence-corrected chi connectivity index (χ0v) is 13.6. The monoisotopic (exact) mass is 311 g/mol. The lowest BCUT2D eigenvalue weighted by Gasteiger charge is -2.32. The minimum atomic E-state index is -0.347. The van der Waals surface area contributed by atoms with Crippen LogP contribution < -0.4 is 0 Å². The molecule has 1 aliphatic heterocycles. The molecule has 0 bridgehead atoms. The number of carbonyl (C=O) groups excluding carboxylic acids is 1. The lowest BCUT2D eigenvalue weighted by molar-refractivity contribution is -0.138. The average molecular weight is 312 g/mol. The SMILES string of the molecule is CC(C)(C)C(=O)N1CCC=C(c2ccc(Cl)c(Cl)c2)C1. The van der Waals surface area contributed by atoms with Gasteiger partial charge in [0.1, 0.15) is 0 Å². The molecule has 0 aliphatic carbocycles. The highest BCUT2D eigenvalue weighted by molar-refractivity contribution is 6.42. The molecule has 0 aromatic heterocycles. The summed E-state index contributed by atoms with van der Waals surface area (Å²) in [5.74, 6) is 0.183. The van der Waals surface area contributed by atoms with Crippen LogP contribution in [0.1, 0.15) is 32.8 Å². The van der Waals surface area contributed by atoms with E-state index >= 15 is 0 Å². The van der Waals surface area contributed by atoms with Gasteiger partial charge in [-0.25, -0.2) is 0 Å². The van der Waals surface area contributed by atoms with Crippen molar-refractivity contribution in [3.05, 3.63) is 39.9 Å². The van der Waals surface area contributed by atoms with Gasteiger partial charge in [0.25, 0.3) is 0 Å². The van der Waals surface area contributed by atoms with Crippen molar-refractivity contribution in [2.75, 3.05) is 13.1 Å². The smallest absolute Gasteiger partial charge is 0.228 e. The molecule has 0 radical (unpaired) electrons. The van der Waals surface area contributed by atoms with Crippen molar-refractivity contribution >= 4 is 34.7 Å². The number of hydrogen-bond donors (Lipinski definition) is 0. The third kappa shape index (κ3) is 3.36. The maximum atomic E-state index is 12.4. The summed E-state index contributed by atoms with van der Waals surface area (Å²) in [5.41, 5.74) is 1.82. The second kappa shape index (κ2) is 5.79. The highest BCUT2D eigenvalue weighted by Gasteiger charge is 2.28. The first-order chi connectivity index (χ1) is 9.29. The van der Waals surface area contributed by atoms with Gasteiger partial charge in [0.2, 0.25) is 5.91 Å². The van der Waals surface area contributed by atoms with Gasteiger partial charge in [-0.2, -0.15) is 0 Å². The maximum absolute atomic E-state index is 12.4. The number of hydrogen-bond acceptors (Lipinski definition) is 1. The molecular weight excluding hydrogens is 293 g/mol. The Bertz CT molecular complexity index is 558. The van der Waals surface area contributed by atoms with Crippen LogP contribution in [0.15, 0.2) is 24.3 Å². The second-order valence-corrected chi connectivity index (χ2v) is 6.94. The lowest BCUT2D eigenvalue weighted by Crippen LogP contribution is -2.42. The van der Waals surface area contributed by atoms with E-state index in [0.29, 0.717) is 16.6 Å². The molecule has 4 heteroatoms. The van der Waals surface area contributed by atoms with Crippen LogP contribution in [0.5, 0.6) is 0 Å². The summed E-state index contributed by atoms with van der Waals surface area (Å²) in [4.78, 5) is 14.3. The fourth-order valence-corrected chi connectivity index (χ4v) is 2.59. The molecule has 1 aromatic rings. The molecule has 2 rings (SSSR count). The fraction of sp³-hybridized carbons (Fsp3) is 0.438. The van der Waals surface area contributed by atoms with Gasteiger partial charge >= 0.3 is 0 Å². The third-order valence-electron chi connectivity index (χ3n) is 3.37. The van der Waals surface area contributed by atoms with E-state index in [1.54, 1.807) is 6.07 Å². The van der Waals surface area contributed by atoms with Crippen LogP contribution >= 0.6 is 23.2 Å². The van der Waals surface area contributed by atoms with Crippen molar-refractivity contribution in [1.82, 2.24) is 4.90 Å². The second-order valence-electron chi connectivity index (χ2n) is 6.12. The first kappa shape index (κ1) is 15.4. The summed E-state index contributed by atoms with van der Waals surface area (Å²) in [6.07, 6.45) is 3.05. The van der Waals surface area contributed by atoms with Crippen molar-refractivity contribution in [2.24, 2.45) is 5.41 Å². The van der Waals surface area contributed by atoms with Gasteiger partial charge in [0.05, 0.1) is 10.0 Å². The summed E-state index contributed by atoms with van der Waals surface area (Å²) in [6.45, 7) is 7.26. The molecule has 1 aliphatic rings. The van der Waals surface area contributed by atoms with Crippen LogP contribution in [0.4, 0.5) is 0 Å². The molecule has 0 saturated heterocycles. The maximum Gasteiger partial charge on any atom is 0.228 e. The standard InChI is InChI=1S/C16H19Cl2NO/c1-16(2,3)15(20)19-8-4-5-12(10-19)11-6-7-13(17)14(18)9-11/h5-7,9H,4,8,10H2,1-3H3. The molecule has 0 unspecified atom stereocenters. The molecule has 1 heterocycles. The van der Waals surface area contributed by atoms with Gasteiger partial charge in [-0.05, 0) is 29.7 Å². The van der Waals surface area contributed by atoms with Gasteiger partial charge in [0.15, 0.2) is 0 Å². The van der Waals surface area contributed by atoms with Gasteiger partial charge in [-0.3, -0.25) is 4.79 Å². The van der Waals surface area contributed by atoms with E-state index in [4.69, 9.17) is 23.2 Å². The first-order valence-electron chi connectivity index (χ1n) is 6.73. The van der Waals surface area contributed by atoms with E-state index in [1.807, 2.05) is 37.8 Å². The molecule has 20 heavy (non-hydrogen) atoms. The van der Waals surface area contributed by atoms with Crippen LogP contribution in [0.25, 0.3) is 5.57 Å². The van der Waals surface area contributed by atoms with Gasteiger partial charge in [0, 0.05) is 18.5 Å². The molecule has 2 nitrogen and oxygen atoms in total. The molecule has 0 fully saturated rings. The number of benzene rings is 1. The van der Waals surface area contributed by atoms with Gasteiger partial charge in [-0.15, -0.1) is 0 Å². The number of nitrogens with zero attached hydrogens (tertiary/aromatic N) is 1. The first-order valence-corrected chi connectivity index (χ1v) is 7.48. The summed E-state index contributed by atoms with van der Waals surface area (Å²) in [5, 5.41) is 1.10.